The van der Waals surface area contributed by atoms with Crippen LogP contribution >= 0.6 is 0 Å². The normalized spacial score (nSPS) is 10.0. The highest BCUT2D eigenvalue weighted by Gasteiger charge is 2.07. The van der Waals surface area contributed by atoms with Crippen molar-refractivity contribution in [3.8, 4) is 0 Å². The third kappa shape index (κ3) is 4.45. The molecule has 4 heteroatoms. The quantitative estimate of drug-likeness (QED) is 0.849. The van der Waals surface area contributed by atoms with E-state index in [4.69, 9.17) is 0 Å². The number of nitrogens with one attached hydrogen (secondary N) is 2. The van der Waals surface area contributed by atoms with Gasteiger partial charge in [0.15, 0.2) is 0 Å². The molecule has 0 radical (unpaired) electrons. The van der Waals surface area contributed by atoms with Gasteiger partial charge >= 0.3 is 0 Å². The number of carbonyl (C=O) groups is 2. The van der Waals surface area contributed by atoms with Gasteiger partial charge in [0.05, 0.1) is 6.42 Å². The zero-order valence-electron chi connectivity index (χ0n) is 12.1. The van der Waals surface area contributed by atoms with Gasteiger partial charge in [-0.05, 0) is 31.5 Å². The molecule has 0 aliphatic heterocycles. The molecule has 0 unspecified atom stereocenters. The highest BCUT2D eigenvalue weighted by atomic mass is 16.2. The van der Waals surface area contributed by atoms with Gasteiger partial charge in [-0.3, -0.25) is 20.4 Å². The Bertz CT molecular complexity index is 631. The molecule has 4 nitrogen and oxygen atoms in total. The molecule has 0 heterocycles. The molecular formula is C17H18N2O2. The first kappa shape index (κ1) is 14.8. The molecule has 2 aromatic carbocycles. The van der Waals surface area contributed by atoms with Crippen LogP contribution in [0.4, 0.5) is 0 Å². The van der Waals surface area contributed by atoms with Crippen molar-refractivity contribution in [3.63, 3.8) is 0 Å². The number of benzene rings is 2. The van der Waals surface area contributed by atoms with Crippen LogP contribution in [0.1, 0.15) is 27.0 Å². The van der Waals surface area contributed by atoms with E-state index in [2.05, 4.69) is 10.9 Å². The van der Waals surface area contributed by atoms with Crippen molar-refractivity contribution >= 4 is 11.8 Å². The van der Waals surface area contributed by atoms with Crippen LogP contribution in [0.3, 0.4) is 0 Å². The zero-order chi connectivity index (χ0) is 15.2. The Labute approximate surface area is 124 Å². The molecule has 0 aromatic heterocycles. The fraction of sp³-hybridized carbons (Fsp3) is 0.176. The van der Waals surface area contributed by atoms with Crippen LogP contribution in [0.2, 0.25) is 0 Å². The molecule has 21 heavy (non-hydrogen) atoms. The van der Waals surface area contributed by atoms with Crippen molar-refractivity contribution in [3.05, 3.63) is 70.8 Å². The first-order chi connectivity index (χ1) is 10.0. The number of hydrogen-bond acceptors (Lipinski definition) is 2. The molecule has 0 fully saturated rings. The van der Waals surface area contributed by atoms with Crippen LogP contribution in [0.5, 0.6) is 0 Å². The average molecular weight is 282 g/mol. The van der Waals surface area contributed by atoms with E-state index in [0.717, 1.165) is 16.7 Å². The predicted octanol–water partition coefficient (Wildman–Crippen LogP) is 2.31. The minimum absolute atomic E-state index is 0.231. The third-order valence-corrected chi connectivity index (χ3v) is 3.11. The Balaban J connectivity index is 1.84. The lowest BCUT2D eigenvalue weighted by Gasteiger charge is -2.08. The van der Waals surface area contributed by atoms with Crippen LogP contribution in [0.15, 0.2) is 48.5 Å². The van der Waals surface area contributed by atoms with Crippen LogP contribution < -0.4 is 10.9 Å². The van der Waals surface area contributed by atoms with Crippen molar-refractivity contribution in [2.45, 2.75) is 20.3 Å². The maximum atomic E-state index is 11.8. The van der Waals surface area contributed by atoms with E-state index in [1.807, 2.05) is 50.2 Å². The van der Waals surface area contributed by atoms with Crippen LogP contribution in [0, 0.1) is 13.8 Å². The number of aryl methyl sites for hydroxylation is 2. The van der Waals surface area contributed by atoms with E-state index in [-0.39, 0.29) is 18.2 Å². The van der Waals surface area contributed by atoms with Gasteiger partial charge < -0.3 is 0 Å². The summed E-state index contributed by atoms with van der Waals surface area (Å²) in [5, 5.41) is 0. The molecule has 2 aromatic rings. The van der Waals surface area contributed by atoms with Gasteiger partial charge in [-0.1, -0.05) is 47.5 Å². The summed E-state index contributed by atoms with van der Waals surface area (Å²) in [7, 11) is 0. The minimum Gasteiger partial charge on any atom is -0.273 e. The molecule has 2 amide bonds. The fourth-order valence-corrected chi connectivity index (χ4v) is 1.84. The summed E-state index contributed by atoms with van der Waals surface area (Å²) in [5.41, 5.74) is 8.47. The summed E-state index contributed by atoms with van der Waals surface area (Å²) in [6.45, 7) is 3.94. The molecule has 2 N–H and O–H groups in total. The van der Waals surface area contributed by atoms with Crippen LogP contribution in [-0.2, 0) is 11.2 Å². The molecule has 0 aliphatic carbocycles. The molecule has 0 bridgehead atoms. The predicted molar refractivity (Wildman–Crippen MR) is 81.7 cm³/mol. The molecule has 0 spiro atoms. The number of hydrazine groups is 1. The number of hydrogen-bond donors (Lipinski definition) is 2. The lowest BCUT2D eigenvalue weighted by Crippen LogP contribution is -2.42. The molecule has 108 valence electrons. The summed E-state index contributed by atoms with van der Waals surface area (Å²) in [5.74, 6) is -0.577. The van der Waals surface area contributed by atoms with E-state index < -0.39 is 0 Å². The second-order valence-electron chi connectivity index (χ2n) is 5.03. The maximum absolute atomic E-state index is 11.8. The Kier molecular flexibility index (Phi) is 4.72. The monoisotopic (exact) mass is 282 g/mol. The first-order valence-electron chi connectivity index (χ1n) is 6.76. The molecule has 0 atom stereocenters. The van der Waals surface area contributed by atoms with Crippen molar-refractivity contribution in [1.29, 1.82) is 0 Å². The van der Waals surface area contributed by atoms with E-state index in [0.29, 0.717) is 5.56 Å². The van der Waals surface area contributed by atoms with Gasteiger partial charge in [-0.15, -0.1) is 0 Å². The zero-order valence-corrected chi connectivity index (χ0v) is 12.1. The third-order valence-electron chi connectivity index (χ3n) is 3.11. The van der Waals surface area contributed by atoms with Gasteiger partial charge in [0.2, 0.25) is 5.91 Å². The molecule has 0 saturated carbocycles. The Morgan fingerprint density at radius 1 is 0.810 bits per heavy atom. The topological polar surface area (TPSA) is 58.2 Å². The first-order valence-corrected chi connectivity index (χ1v) is 6.76. The van der Waals surface area contributed by atoms with Gasteiger partial charge in [0, 0.05) is 5.56 Å². The van der Waals surface area contributed by atoms with Crippen molar-refractivity contribution in [2.24, 2.45) is 0 Å². The Morgan fingerprint density at radius 2 is 1.33 bits per heavy atom. The smallest absolute Gasteiger partial charge is 0.269 e. The summed E-state index contributed by atoms with van der Waals surface area (Å²) in [6.07, 6.45) is 0.231. The second-order valence-corrected chi connectivity index (χ2v) is 5.03. The summed E-state index contributed by atoms with van der Waals surface area (Å²) in [4.78, 5) is 23.6. The highest BCUT2D eigenvalue weighted by Crippen LogP contribution is 2.04. The van der Waals surface area contributed by atoms with E-state index in [1.54, 1.807) is 12.1 Å². The van der Waals surface area contributed by atoms with E-state index in [9.17, 15) is 9.59 Å². The van der Waals surface area contributed by atoms with Gasteiger partial charge in [0.25, 0.3) is 5.91 Å². The van der Waals surface area contributed by atoms with Crippen molar-refractivity contribution in [2.75, 3.05) is 0 Å². The summed E-state index contributed by atoms with van der Waals surface area (Å²) in [6, 6.07) is 14.8. The summed E-state index contributed by atoms with van der Waals surface area (Å²) >= 11 is 0. The van der Waals surface area contributed by atoms with Gasteiger partial charge in [-0.2, -0.15) is 0 Å². The number of rotatable bonds is 3. The largest absolute Gasteiger partial charge is 0.273 e. The lowest BCUT2D eigenvalue weighted by molar-refractivity contribution is -0.121. The average Bonchev–Trinajstić information content (AvgIpc) is 2.48. The Hall–Kier alpha value is -2.62. The van der Waals surface area contributed by atoms with E-state index >= 15 is 0 Å². The highest BCUT2D eigenvalue weighted by molar-refractivity contribution is 5.95. The fourth-order valence-electron chi connectivity index (χ4n) is 1.84. The number of carbonyl (C=O) groups excluding carboxylic acids is 2. The summed E-state index contributed by atoms with van der Waals surface area (Å²) < 4.78 is 0. The maximum Gasteiger partial charge on any atom is 0.269 e. The SMILES string of the molecule is Cc1ccc(CC(=O)NNC(=O)c2ccc(C)cc2)cc1. The lowest BCUT2D eigenvalue weighted by atomic mass is 10.1. The molecule has 0 aliphatic rings. The van der Waals surface area contributed by atoms with Gasteiger partial charge in [-0.25, -0.2) is 0 Å². The van der Waals surface area contributed by atoms with Crippen LogP contribution in [0.25, 0.3) is 0 Å². The van der Waals surface area contributed by atoms with Gasteiger partial charge in [0.1, 0.15) is 0 Å². The molecule has 2 rings (SSSR count). The minimum atomic E-state index is -0.327. The Morgan fingerprint density at radius 3 is 1.90 bits per heavy atom. The second kappa shape index (κ2) is 6.70. The van der Waals surface area contributed by atoms with Crippen LogP contribution in [-0.4, -0.2) is 11.8 Å². The molecule has 0 saturated heterocycles. The van der Waals surface area contributed by atoms with Crippen molar-refractivity contribution in [1.82, 2.24) is 10.9 Å². The molecular weight excluding hydrogens is 264 g/mol. The van der Waals surface area contributed by atoms with E-state index in [1.165, 1.54) is 0 Å². The number of amides is 2. The standard InChI is InChI=1S/C17H18N2O2/c1-12-3-7-14(8-4-12)11-16(20)18-19-17(21)15-9-5-13(2)6-10-15/h3-10H,11H2,1-2H3,(H,18,20)(H,19,21). The van der Waals surface area contributed by atoms with Crippen molar-refractivity contribution < 1.29 is 9.59 Å².